The van der Waals surface area contributed by atoms with Gasteiger partial charge in [-0.1, -0.05) is 69.6 Å². The number of nitrogens with zero attached hydrogens (tertiary/aromatic N) is 2. The van der Waals surface area contributed by atoms with Crippen molar-refractivity contribution in [2.24, 2.45) is 0 Å². The Morgan fingerprint density at radius 3 is 1.78 bits per heavy atom. The largest absolute Gasteiger partial charge is 0.452 e. The molecular formula is C14H2Cl6N2O. The SMILES string of the molecule is N#Cc1c(Cl)c(Cl)c(Oc2cc(Cl)c(Cl)cc2Cl)c(Cl)c1C#N. The molecule has 2 aromatic carbocycles. The van der Waals surface area contributed by atoms with Gasteiger partial charge in [0.2, 0.25) is 0 Å². The summed E-state index contributed by atoms with van der Waals surface area (Å²) in [5.41, 5.74) is -0.300. The molecule has 0 spiro atoms. The average molecular weight is 427 g/mol. The van der Waals surface area contributed by atoms with E-state index in [1.807, 2.05) is 0 Å². The van der Waals surface area contributed by atoms with Crippen LogP contribution in [0, 0.1) is 22.7 Å². The van der Waals surface area contributed by atoms with Crippen molar-refractivity contribution in [1.29, 1.82) is 10.5 Å². The molecule has 0 saturated heterocycles. The Bertz CT molecular complexity index is 898. The Hall–Kier alpha value is -1.04. The van der Waals surface area contributed by atoms with Gasteiger partial charge in [-0.15, -0.1) is 0 Å². The molecule has 0 fully saturated rings. The summed E-state index contributed by atoms with van der Waals surface area (Å²) in [7, 11) is 0. The van der Waals surface area contributed by atoms with E-state index in [0.29, 0.717) is 0 Å². The molecule has 0 amide bonds. The molecule has 0 radical (unpaired) electrons. The summed E-state index contributed by atoms with van der Waals surface area (Å²) in [5, 5.41) is 18.4. The fraction of sp³-hybridized carbons (Fsp3) is 0. The van der Waals surface area contributed by atoms with Gasteiger partial charge in [-0.2, -0.15) is 10.5 Å². The quantitative estimate of drug-likeness (QED) is 0.479. The summed E-state index contributed by atoms with van der Waals surface area (Å²) in [6, 6.07) is 6.29. The maximum Gasteiger partial charge on any atom is 0.167 e. The molecule has 9 heteroatoms. The van der Waals surface area contributed by atoms with E-state index in [0.717, 1.165) is 0 Å². The van der Waals surface area contributed by atoms with Crippen LogP contribution in [0.1, 0.15) is 11.1 Å². The summed E-state index contributed by atoms with van der Waals surface area (Å²) in [5.74, 6) is -0.0105. The number of nitriles is 2. The van der Waals surface area contributed by atoms with Crippen LogP contribution in [0.3, 0.4) is 0 Å². The van der Waals surface area contributed by atoms with E-state index in [1.165, 1.54) is 12.1 Å². The Balaban J connectivity index is 2.67. The molecule has 2 aromatic rings. The average Bonchev–Trinajstić information content (AvgIpc) is 2.51. The maximum atomic E-state index is 9.16. The highest BCUT2D eigenvalue weighted by Crippen LogP contribution is 2.46. The zero-order valence-electron chi connectivity index (χ0n) is 10.7. The van der Waals surface area contributed by atoms with Crippen LogP contribution in [0.15, 0.2) is 12.1 Å². The normalized spacial score (nSPS) is 10.1. The number of halogens is 6. The van der Waals surface area contributed by atoms with Crippen molar-refractivity contribution in [1.82, 2.24) is 0 Å². The van der Waals surface area contributed by atoms with Crippen LogP contribution in [0.4, 0.5) is 0 Å². The van der Waals surface area contributed by atoms with Gasteiger partial charge in [-0.3, -0.25) is 0 Å². The molecule has 0 bridgehead atoms. The lowest BCUT2D eigenvalue weighted by Crippen LogP contribution is -1.95. The van der Waals surface area contributed by atoms with Gasteiger partial charge in [-0.05, 0) is 6.07 Å². The Morgan fingerprint density at radius 1 is 0.696 bits per heavy atom. The first kappa shape index (κ1) is 18.3. The Kier molecular flexibility index (Phi) is 5.76. The summed E-state index contributed by atoms with van der Waals surface area (Å²) in [6.45, 7) is 0. The zero-order chi connectivity index (χ0) is 17.3. The third kappa shape index (κ3) is 3.42. The van der Waals surface area contributed by atoms with Crippen molar-refractivity contribution in [3.8, 4) is 23.6 Å². The van der Waals surface area contributed by atoms with Crippen LogP contribution < -0.4 is 4.74 Å². The molecule has 0 aliphatic rings. The monoisotopic (exact) mass is 424 g/mol. The van der Waals surface area contributed by atoms with Gasteiger partial charge in [0.1, 0.15) is 27.9 Å². The van der Waals surface area contributed by atoms with Crippen molar-refractivity contribution in [3.05, 3.63) is 53.4 Å². The maximum absolute atomic E-state index is 9.16. The second kappa shape index (κ2) is 7.24. The van der Waals surface area contributed by atoms with Gasteiger partial charge in [0, 0.05) is 6.07 Å². The molecule has 0 atom stereocenters. The molecular weight excluding hydrogens is 425 g/mol. The lowest BCUT2D eigenvalue weighted by Gasteiger charge is -2.14. The minimum Gasteiger partial charge on any atom is -0.452 e. The van der Waals surface area contributed by atoms with Crippen molar-refractivity contribution in [2.75, 3.05) is 0 Å². The molecule has 0 unspecified atom stereocenters. The summed E-state index contributed by atoms with van der Waals surface area (Å²) in [4.78, 5) is 0. The van der Waals surface area contributed by atoms with Crippen LogP contribution >= 0.6 is 69.6 Å². The number of rotatable bonds is 2. The van der Waals surface area contributed by atoms with Crippen molar-refractivity contribution < 1.29 is 4.74 Å². The molecule has 0 aliphatic heterocycles. The molecule has 0 saturated carbocycles. The molecule has 0 N–H and O–H groups in total. The number of hydrogen-bond donors (Lipinski definition) is 0. The smallest absolute Gasteiger partial charge is 0.167 e. The minimum atomic E-state index is -0.166. The first-order valence-corrected chi connectivity index (χ1v) is 7.91. The van der Waals surface area contributed by atoms with E-state index in [1.54, 1.807) is 12.1 Å². The van der Waals surface area contributed by atoms with Crippen LogP contribution in [0.5, 0.6) is 11.5 Å². The van der Waals surface area contributed by atoms with Gasteiger partial charge in [0.25, 0.3) is 0 Å². The number of ether oxygens (including phenoxy) is 1. The van der Waals surface area contributed by atoms with Gasteiger partial charge in [0.15, 0.2) is 5.75 Å². The summed E-state index contributed by atoms with van der Waals surface area (Å²) >= 11 is 35.9. The van der Waals surface area contributed by atoms with Gasteiger partial charge in [-0.25, -0.2) is 0 Å². The molecule has 2 rings (SSSR count). The number of hydrogen-bond acceptors (Lipinski definition) is 3. The second-order valence-corrected chi connectivity index (χ2v) is 6.40. The second-order valence-electron chi connectivity index (χ2n) is 4.04. The van der Waals surface area contributed by atoms with E-state index in [2.05, 4.69) is 0 Å². The van der Waals surface area contributed by atoms with E-state index in [-0.39, 0.29) is 52.8 Å². The molecule has 0 heterocycles. The third-order valence-electron chi connectivity index (χ3n) is 2.69. The van der Waals surface area contributed by atoms with Crippen molar-refractivity contribution in [3.63, 3.8) is 0 Å². The first-order valence-electron chi connectivity index (χ1n) is 5.64. The van der Waals surface area contributed by atoms with Crippen molar-refractivity contribution in [2.45, 2.75) is 0 Å². The van der Waals surface area contributed by atoms with Crippen molar-refractivity contribution >= 4 is 69.6 Å². The van der Waals surface area contributed by atoms with E-state index < -0.39 is 0 Å². The minimum absolute atomic E-state index is 0.106. The predicted octanol–water partition coefficient (Wildman–Crippen LogP) is 7.14. The first-order chi connectivity index (χ1) is 10.8. The summed E-state index contributed by atoms with van der Waals surface area (Å²) in [6.07, 6.45) is 0. The highest BCUT2D eigenvalue weighted by Gasteiger charge is 2.24. The lowest BCUT2D eigenvalue weighted by molar-refractivity contribution is 0.483. The molecule has 116 valence electrons. The topological polar surface area (TPSA) is 56.8 Å². The van der Waals surface area contributed by atoms with Gasteiger partial charge >= 0.3 is 0 Å². The highest BCUT2D eigenvalue weighted by molar-refractivity contribution is 6.46. The number of benzene rings is 2. The van der Waals surface area contributed by atoms with Gasteiger partial charge in [0.05, 0.1) is 31.2 Å². The Morgan fingerprint density at radius 2 is 1.22 bits per heavy atom. The fourth-order valence-corrected chi connectivity index (χ4v) is 2.97. The molecule has 23 heavy (non-hydrogen) atoms. The van der Waals surface area contributed by atoms with Crippen LogP contribution in [0.2, 0.25) is 30.1 Å². The predicted molar refractivity (Wildman–Crippen MR) is 92.4 cm³/mol. The lowest BCUT2D eigenvalue weighted by atomic mass is 10.1. The molecule has 0 aliphatic carbocycles. The third-order valence-corrected chi connectivity index (χ3v) is 4.90. The highest BCUT2D eigenvalue weighted by atomic mass is 35.5. The van der Waals surface area contributed by atoms with Gasteiger partial charge < -0.3 is 4.74 Å². The zero-order valence-corrected chi connectivity index (χ0v) is 15.3. The summed E-state index contributed by atoms with van der Waals surface area (Å²) < 4.78 is 5.55. The fourth-order valence-electron chi connectivity index (χ4n) is 1.63. The van der Waals surface area contributed by atoms with E-state index >= 15 is 0 Å². The Labute approximate surface area is 161 Å². The standard InChI is InChI=1S/C14H2Cl6N2O/c15-7-1-9(17)10(2-8(7)16)23-14-12(19)6(4-22)5(3-21)11(18)13(14)20/h1-2H. The van der Waals surface area contributed by atoms with Crippen LogP contribution in [-0.2, 0) is 0 Å². The van der Waals surface area contributed by atoms with E-state index in [4.69, 9.17) is 84.9 Å². The van der Waals surface area contributed by atoms with Crippen LogP contribution in [0.25, 0.3) is 0 Å². The van der Waals surface area contributed by atoms with E-state index in [9.17, 15) is 0 Å². The van der Waals surface area contributed by atoms with Crippen LogP contribution in [-0.4, -0.2) is 0 Å². The molecule has 3 nitrogen and oxygen atoms in total. The molecule has 0 aromatic heterocycles.